The molecule has 0 spiro atoms. The normalized spacial score (nSPS) is 13.0. The van der Waals surface area contributed by atoms with Gasteiger partial charge in [-0.1, -0.05) is 12.1 Å². The van der Waals surface area contributed by atoms with E-state index in [9.17, 15) is 35.9 Å². The van der Waals surface area contributed by atoms with Gasteiger partial charge < -0.3 is 10.6 Å². The third-order valence-corrected chi connectivity index (χ3v) is 3.91. The summed E-state index contributed by atoms with van der Waals surface area (Å²) >= 11 is 0. The maximum atomic E-state index is 12.3. The SMILES string of the molecule is O=C(Nc1ccc2c(c1)Cc1cc(NC(=O)C(F)(F)F)ccc1-2)C(F)(F)F. The van der Waals surface area contributed by atoms with Crippen molar-refractivity contribution in [1.82, 2.24) is 0 Å². The van der Waals surface area contributed by atoms with Gasteiger partial charge in [0.25, 0.3) is 0 Å². The summed E-state index contributed by atoms with van der Waals surface area (Å²) in [5, 5.41) is 3.49. The minimum atomic E-state index is -5.02. The van der Waals surface area contributed by atoms with Gasteiger partial charge in [-0.15, -0.1) is 0 Å². The van der Waals surface area contributed by atoms with E-state index in [0.717, 1.165) is 0 Å². The van der Waals surface area contributed by atoms with E-state index in [1.807, 2.05) is 0 Å². The molecule has 0 saturated carbocycles. The van der Waals surface area contributed by atoms with Crippen LogP contribution >= 0.6 is 0 Å². The lowest BCUT2D eigenvalue weighted by Gasteiger charge is -2.10. The molecule has 0 heterocycles. The molecule has 2 aromatic rings. The highest BCUT2D eigenvalue weighted by molar-refractivity contribution is 5.96. The number of fused-ring (bicyclic) bond motifs is 3. The van der Waals surface area contributed by atoms with E-state index in [0.29, 0.717) is 22.3 Å². The van der Waals surface area contributed by atoms with Crippen molar-refractivity contribution in [2.75, 3.05) is 10.6 Å². The molecule has 10 heteroatoms. The first-order valence-electron chi connectivity index (χ1n) is 7.48. The highest BCUT2D eigenvalue weighted by Crippen LogP contribution is 2.39. The summed E-state index contributed by atoms with van der Waals surface area (Å²) < 4.78 is 74.0. The zero-order valence-electron chi connectivity index (χ0n) is 13.3. The van der Waals surface area contributed by atoms with Crippen molar-refractivity contribution in [3.63, 3.8) is 0 Å². The number of hydrogen-bond acceptors (Lipinski definition) is 2. The second-order valence-electron chi connectivity index (χ2n) is 5.82. The van der Waals surface area contributed by atoms with Gasteiger partial charge >= 0.3 is 24.2 Å². The second-order valence-corrected chi connectivity index (χ2v) is 5.82. The molecule has 0 fully saturated rings. The maximum absolute atomic E-state index is 12.3. The van der Waals surface area contributed by atoms with Gasteiger partial charge in [0.15, 0.2) is 0 Å². The molecule has 0 atom stereocenters. The molecule has 0 aromatic heterocycles. The van der Waals surface area contributed by atoms with Crippen LogP contribution < -0.4 is 10.6 Å². The summed E-state index contributed by atoms with van der Waals surface area (Å²) in [4.78, 5) is 22.0. The lowest BCUT2D eigenvalue weighted by atomic mass is 10.0. The lowest BCUT2D eigenvalue weighted by Crippen LogP contribution is -2.29. The van der Waals surface area contributed by atoms with Crippen molar-refractivity contribution < 1.29 is 35.9 Å². The van der Waals surface area contributed by atoms with E-state index >= 15 is 0 Å². The molecule has 0 unspecified atom stereocenters. The number of carbonyl (C=O) groups is 2. The van der Waals surface area contributed by atoms with Crippen LogP contribution in [0.25, 0.3) is 11.1 Å². The van der Waals surface area contributed by atoms with Gasteiger partial charge in [0.05, 0.1) is 0 Å². The van der Waals surface area contributed by atoms with E-state index in [1.165, 1.54) is 36.4 Å². The van der Waals surface area contributed by atoms with Crippen molar-refractivity contribution in [2.45, 2.75) is 18.8 Å². The Morgan fingerprint density at radius 2 is 1.07 bits per heavy atom. The molecule has 0 saturated heterocycles. The van der Waals surface area contributed by atoms with E-state index < -0.39 is 24.2 Å². The third kappa shape index (κ3) is 3.88. The van der Waals surface area contributed by atoms with Gasteiger partial charge in [-0.3, -0.25) is 9.59 Å². The Bertz CT molecular complexity index is 858. The molecule has 1 aliphatic carbocycles. The summed E-state index contributed by atoms with van der Waals surface area (Å²) in [6.07, 6.45) is -9.81. The molecule has 27 heavy (non-hydrogen) atoms. The van der Waals surface area contributed by atoms with Crippen LogP contribution in [0.1, 0.15) is 11.1 Å². The van der Waals surface area contributed by atoms with Crippen LogP contribution in [0.3, 0.4) is 0 Å². The minimum absolute atomic E-state index is 0.0468. The number of rotatable bonds is 2. The predicted octanol–water partition coefficient (Wildman–Crippen LogP) is 4.26. The average Bonchev–Trinajstić information content (AvgIpc) is 2.89. The van der Waals surface area contributed by atoms with Crippen molar-refractivity contribution in [3.8, 4) is 11.1 Å². The Kier molecular flexibility index (Phi) is 4.37. The Hall–Kier alpha value is -3.04. The number of hydrogen-bond donors (Lipinski definition) is 2. The van der Waals surface area contributed by atoms with Crippen LogP contribution in [0.2, 0.25) is 0 Å². The van der Waals surface area contributed by atoms with Gasteiger partial charge in [0.2, 0.25) is 0 Å². The smallest absolute Gasteiger partial charge is 0.318 e. The highest BCUT2D eigenvalue weighted by atomic mass is 19.4. The Morgan fingerprint density at radius 3 is 1.41 bits per heavy atom. The zero-order valence-corrected chi connectivity index (χ0v) is 13.3. The highest BCUT2D eigenvalue weighted by Gasteiger charge is 2.39. The molecule has 1 aliphatic rings. The third-order valence-electron chi connectivity index (χ3n) is 3.91. The summed E-state index contributed by atoms with van der Waals surface area (Å²) in [6.45, 7) is 0. The van der Waals surface area contributed by atoms with Crippen molar-refractivity contribution in [2.24, 2.45) is 0 Å². The van der Waals surface area contributed by atoms with E-state index in [2.05, 4.69) is 0 Å². The summed E-state index contributed by atoms with van der Waals surface area (Å²) in [6, 6.07) is 8.37. The van der Waals surface area contributed by atoms with Gasteiger partial charge in [-0.2, -0.15) is 26.3 Å². The van der Waals surface area contributed by atoms with Crippen molar-refractivity contribution in [1.29, 1.82) is 0 Å². The fourth-order valence-electron chi connectivity index (χ4n) is 2.77. The van der Waals surface area contributed by atoms with E-state index in [1.54, 1.807) is 10.6 Å². The molecular formula is C17H10F6N2O2. The standard InChI is InChI=1S/C17H10F6N2O2/c18-16(19,20)14(26)24-10-1-3-12-8(6-10)5-9-7-11(2-4-13(9)12)25-15(27)17(21,22)23/h1-4,6-7H,5H2,(H,24,26)(H,25,27). The first-order chi connectivity index (χ1) is 12.4. The van der Waals surface area contributed by atoms with Crippen LogP contribution in [-0.4, -0.2) is 24.2 Å². The Labute approximate surface area is 148 Å². The van der Waals surface area contributed by atoms with E-state index in [-0.39, 0.29) is 17.8 Å². The topological polar surface area (TPSA) is 58.2 Å². The number of anilines is 2. The van der Waals surface area contributed by atoms with Crippen molar-refractivity contribution in [3.05, 3.63) is 47.5 Å². The number of benzene rings is 2. The molecule has 2 amide bonds. The summed E-state index contributed by atoms with van der Waals surface area (Å²) in [5.41, 5.74) is 2.48. The maximum Gasteiger partial charge on any atom is 0.471 e. The lowest BCUT2D eigenvalue weighted by molar-refractivity contribution is -0.167. The molecular weight excluding hydrogens is 378 g/mol. The number of halogens is 6. The summed E-state index contributed by atoms with van der Waals surface area (Å²) in [5.74, 6) is -4.20. The van der Waals surface area contributed by atoms with Crippen LogP contribution in [0.15, 0.2) is 36.4 Å². The van der Waals surface area contributed by atoms with Crippen LogP contribution in [0.4, 0.5) is 37.7 Å². The molecule has 0 aliphatic heterocycles. The monoisotopic (exact) mass is 388 g/mol. The van der Waals surface area contributed by atoms with Crippen LogP contribution in [-0.2, 0) is 16.0 Å². The van der Waals surface area contributed by atoms with Gasteiger partial charge in [0, 0.05) is 11.4 Å². The summed E-state index contributed by atoms with van der Waals surface area (Å²) in [7, 11) is 0. The predicted molar refractivity (Wildman–Crippen MR) is 84.1 cm³/mol. The number of alkyl halides is 6. The number of nitrogens with one attached hydrogen (secondary N) is 2. The van der Waals surface area contributed by atoms with Gasteiger partial charge in [0.1, 0.15) is 0 Å². The Morgan fingerprint density at radius 1 is 0.704 bits per heavy atom. The van der Waals surface area contributed by atoms with Crippen LogP contribution in [0, 0.1) is 0 Å². The molecule has 142 valence electrons. The van der Waals surface area contributed by atoms with Crippen LogP contribution in [0.5, 0.6) is 0 Å². The van der Waals surface area contributed by atoms with E-state index in [4.69, 9.17) is 0 Å². The average molecular weight is 388 g/mol. The molecule has 0 radical (unpaired) electrons. The molecule has 0 bridgehead atoms. The van der Waals surface area contributed by atoms with Gasteiger partial charge in [-0.25, -0.2) is 0 Å². The second kappa shape index (κ2) is 6.29. The number of amides is 2. The zero-order chi connectivity index (χ0) is 20.0. The molecule has 2 aromatic carbocycles. The number of carbonyl (C=O) groups excluding carboxylic acids is 2. The quantitative estimate of drug-likeness (QED) is 0.645. The fraction of sp³-hybridized carbons (Fsp3) is 0.176. The molecule has 2 N–H and O–H groups in total. The first kappa shape index (κ1) is 18.7. The minimum Gasteiger partial charge on any atom is -0.318 e. The largest absolute Gasteiger partial charge is 0.471 e. The van der Waals surface area contributed by atoms with Crippen molar-refractivity contribution >= 4 is 23.2 Å². The fourth-order valence-corrected chi connectivity index (χ4v) is 2.77. The molecule has 4 nitrogen and oxygen atoms in total. The van der Waals surface area contributed by atoms with Gasteiger partial charge in [-0.05, 0) is 52.9 Å². The molecule has 3 rings (SSSR count). The Balaban J connectivity index is 1.81. The first-order valence-corrected chi connectivity index (χ1v) is 7.48.